The average molecular weight is 552 g/mol. The first-order valence-corrected chi connectivity index (χ1v) is 14.3. The maximum Gasteiger partial charge on any atom is 0.295 e. The minimum Gasteiger partial charge on any atom is -0.507 e. The molecule has 2 atom stereocenters. The van der Waals surface area contributed by atoms with Crippen molar-refractivity contribution in [1.82, 2.24) is 4.90 Å². The Morgan fingerprint density at radius 2 is 1.85 bits per heavy atom. The van der Waals surface area contributed by atoms with Gasteiger partial charge < -0.3 is 29.0 Å². The van der Waals surface area contributed by atoms with E-state index in [0.717, 1.165) is 32.1 Å². The van der Waals surface area contributed by atoms with Crippen molar-refractivity contribution in [3.8, 4) is 17.2 Å². The van der Waals surface area contributed by atoms with Crippen LogP contribution in [0.15, 0.2) is 48.0 Å². The smallest absolute Gasteiger partial charge is 0.295 e. The van der Waals surface area contributed by atoms with Crippen LogP contribution in [0.4, 0.5) is 0 Å². The van der Waals surface area contributed by atoms with Crippen molar-refractivity contribution in [2.24, 2.45) is 5.92 Å². The quantitative estimate of drug-likeness (QED) is 0.143. The molecule has 2 unspecified atom stereocenters. The van der Waals surface area contributed by atoms with E-state index in [9.17, 15) is 14.7 Å². The number of amides is 1. The number of nitrogens with zero attached hydrogens (tertiary/aromatic N) is 1. The molecule has 2 aliphatic rings. The van der Waals surface area contributed by atoms with Crippen LogP contribution < -0.4 is 14.2 Å². The summed E-state index contributed by atoms with van der Waals surface area (Å²) in [5.41, 5.74) is 1.12. The molecule has 0 aliphatic carbocycles. The van der Waals surface area contributed by atoms with Crippen LogP contribution in [-0.2, 0) is 14.3 Å². The third kappa shape index (κ3) is 6.78. The molecule has 0 spiro atoms. The molecule has 2 fully saturated rings. The number of rotatable bonds is 13. The number of carbonyl (C=O) groups excluding carboxylic acids is 2. The number of ether oxygens (including phenoxy) is 4. The first-order chi connectivity index (χ1) is 19.3. The van der Waals surface area contributed by atoms with Gasteiger partial charge in [0.2, 0.25) is 0 Å². The third-order valence-corrected chi connectivity index (χ3v) is 7.31. The molecule has 2 heterocycles. The van der Waals surface area contributed by atoms with Crippen molar-refractivity contribution in [3.05, 3.63) is 59.2 Å². The van der Waals surface area contributed by atoms with Gasteiger partial charge in [0, 0.05) is 18.7 Å². The van der Waals surface area contributed by atoms with E-state index in [1.165, 1.54) is 4.90 Å². The summed E-state index contributed by atoms with van der Waals surface area (Å²) in [6.45, 7) is 8.39. The van der Waals surface area contributed by atoms with E-state index < -0.39 is 17.7 Å². The van der Waals surface area contributed by atoms with Crippen molar-refractivity contribution in [3.63, 3.8) is 0 Å². The Kier molecular flexibility index (Phi) is 10.1. The predicted molar refractivity (Wildman–Crippen MR) is 153 cm³/mol. The maximum absolute atomic E-state index is 13.4. The van der Waals surface area contributed by atoms with E-state index in [2.05, 4.69) is 20.8 Å². The average Bonchev–Trinajstić information content (AvgIpc) is 3.55. The van der Waals surface area contributed by atoms with Gasteiger partial charge >= 0.3 is 0 Å². The fraction of sp³-hybridized carbons (Fsp3) is 0.500. The molecule has 0 saturated carbocycles. The van der Waals surface area contributed by atoms with Gasteiger partial charge in [-0.3, -0.25) is 9.59 Å². The number of unbranched alkanes of at least 4 members (excludes halogenated alkanes) is 1. The summed E-state index contributed by atoms with van der Waals surface area (Å²) < 4.78 is 23.1. The minimum absolute atomic E-state index is 0.0400. The van der Waals surface area contributed by atoms with Crippen molar-refractivity contribution in [2.75, 3.05) is 33.5 Å². The Morgan fingerprint density at radius 3 is 2.50 bits per heavy atom. The van der Waals surface area contributed by atoms with Crippen LogP contribution in [0.1, 0.15) is 70.0 Å². The zero-order valence-electron chi connectivity index (χ0n) is 24.0. The molecular weight excluding hydrogens is 510 g/mol. The molecule has 4 rings (SSSR count). The highest BCUT2D eigenvalue weighted by atomic mass is 16.5. The number of hydrogen-bond acceptors (Lipinski definition) is 7. The third-order valence-electron chi connectivity index (χ3n) is 7.31. The SMILES string of the molecule is CCCCOc1ccc(/C(O)=C2\C(=O)C(=O)N(CC3CCCO3)C2c2ccc(OCCC(C)C)c(OC)c2)cc1. The van der Waals surface area contributed by atoms with Gasteiger partial charge in [-0.1, -0.05) is 33.3 Å². The minimum atomic E-state index is -0.803. The summed E-state index contributed by atoms with van der Waals surface area (Å²) >= 11 is 0. The van der Waals surface area contributed by atoms with Gasteiger partial charge in [-0.15, -0.1) is 0 Å². The number of ketones is 1. The second-order valence-electron chi connectivity index (χ2n) is 10.8. The summed E-state index contributed by atoms with van der Waals surface area (Å²) in [6, 6.07) is 11.5. The monoisotopic (exact) mass is 551 g/mol. The summed E-state index contributed by atoms with van der Waals surface area (Å²) in [7, 11) is 1.56. The fourth-order valence-corrected chi connectivity index (χ4v) is 5.00. The van der Waals surface area contributed by atoms with E-state index in [1.54, 1.807) is 43.5 Å². The van der Waals surface area contributed by atoms with Gasteiger partial charge in [-0.05, 0) is 73.6 Å². The summed E-state index contributed by atoms with van der Waals surface area (Å²) in [5, 5.41) is 11.4. The number of aliphatic hydroxyl groups is 1. The van der Waals surface area contributed by atoms with Crippen LogP contribution >= 0.6 is 0 Å². The van der Waals surface area contributed by atoms with Gasteiger partial charge in [-0.25, -0.2) is 0 Å². The number of hydrogen-bond donors (Lipinski definition) is 1. The summed E-state index contributed by atoms with van der Waals surface area (Å²) in [6.07, 6.45) is 4.42. The van der Waals surface area contributed by atoms with Gasteiger partial charge in [0.25, 0.3) is 11.7 Å². The Bertz CT molecular complexity index is 1200. The Hall–Kier alpha value is -3.52. The Balaban J connectivity index is 1.71. The number of likely N-dealkylation sites (tertiary alicyclic amines) is 1. The van der Waals surface area contributed by atoms with E-state index >= 15 is 0 Å². The van der Waals surface area contributed by atoms with E-state index in [1.807, 2.05) is 6.07 Å². The highest BCUT2D eigenvalue weighted by Crippen LogP contribution is 2.42. The van der Waals surface area contributed by atoms with Crippen LogP contribution in [0.2, 0.25) is 0 Å². The summed E-state index contributed by atoms with van der Waals surface area (Å²) in [5.74, 6) is 0.657. The first kappa shape index (κ1) is 29.5. The van der Waals surface area contributed by atoms with Crippen LogP contribution in [0, 0.1) is 5.92 Å². The number of carbonyl (C=O) groups is 2. The van der Waals surface area contributed by atoms with E-state index in [4.69, 9.17) is 18.9 Å². The lowest BCUT2D eigenvalue weighted by molar-refractivity contribution is -0.140. The largest absolute Gasteiger partial charge is 0.507 e. The molecule has 0 aromatic heterocycles. The topological polar surface area (TPSA) is 94.5 Å². The molecule has 2 aromatic rings. The van der Waals surface area contributed by atoms with Gasteiger partial charge in [-0.2, -0.15) is 0 Å². The second-order valence-corrected chi connectivity index (χ2v) is 10.8. The van der Waals surface area contributed by atoms with Crippen molar-refractivity contribution in [1.29, 1.82) is 0 Å². The highest BCUT2D eigenvalue weighted by molar-refractivity contribution is 6.46. The fourth-order valence-electron chi connectivity index (χ4n) is 5.00. The van der Waals surface area contributed by atoms with Gasteiger partial charge in [0.15, 0.2) is 11.5 Å². The van der Waals surface area contributed by atoms with Crippen LogP contribution in [0.5, 0.6) is 17.2 Å². The predicted octanol–water partition coefficient (Wildman–Crippen LogP) is 5.90. The van der Waals surface area contributed by atoms with Crippen molar-refractivity contribution >= 4 is 17.4 Å². The maximum atomic E-state index is 13.4. The Morgan fingerprint density at radius 1 is 1.07 bits per heavy atom. The molecule has 216 valence electrons. The van der Waals surface area contributed by atoms with E-state index in [0.29, 0.717) is 54.1 Å². The van der Waals surface area contributed by atoms with E-state index in [-0.39, 0.29) is 24.0 Å². The summed E-state index contributed by atoms with van der Waals surface area (Å²) in [4.78, 5) is 28.3. The highest BCUT2D eigenvalue weighted by Gasteiger charge is 2.47. The molecule has 0 radical (unpaired) electrons. The number of benzene rings is 2. The zero-order chi connectivity index (χ0) is 28.6. The lowest BCUT2D eigenvalue weighted by atomic mass is 9.94. The zero-order valence-corrected chi connectivity index (χ0v) is 24.0. The van der Waals surface area contributed by atoms with Gasteiger partial charge in [0.05, 0.1) is 38.0 Å². The van der Waals surface area contributed by atoms with Crippen LogP contribution in [0.3, 0.4) is 0 Å². The molecule has 40 heavy (non-hydrogen) atoms. The lowest BCUT2D eigenvalue weighted by Crippen LogP contribution is -2.36. The molecule has 1 amide bonds. The molecule has 2 aromatic carbocycles. The number of methoxy groups -OCH3 is 1. The number of aliphatic hydroxyl groups excluding tert-OH is 1. The lowest BCUT2D eigenvalue weighted by Gasteiger charge is -2.28. The second kappa shape index (κ2) is 13.7. The van der Waals surface area contributed by atoms with Crippen LogP contribution in [0.25, 0.3) is 5.76 Å². The normalized spacial score (nSPS) is 20.4. The molecule has 8 nitrogen and oxygen atoms in total. The number of Topliss-reactive ketones (excluding diaryl/α,β-unsaturated/α-hetero) is 1. The molecule has 0 bridgehead atoms. The molecule has 8 heteroatoms. The molecule has 2 aliphatic heterocycles. The molecule has 1 N–H and O–H groups in total. The molecular formula is C32H41NO7. The first-order valence-electron chi connectivity index (χ1n) is 14.3. The standard InChI is InChI=1S/C32H41NO7/c1-5-6-16-38-24-12-9-22(10-13-24)30(34)28-29(33(32(36)31(28)35)20-25-8-7-17-39-25)23-11-14-26(27(19-23)37-4)40-18-15-21(2)3/h9-14,19,21,25,29,34H,5-8,15-18,20H2,1-4H3/b30-28+. The Labute approximate surface area is 236 Å². The van der Waals surface area contributed by atoms with Crippen molar-refractivity contribution in [2.45, 2.75) is 65.0 Å². The van der Waals surface area contributed by atoms with Crippen molar-refractivity contribution < 1.29 is 33.6 Å². The molecule has 2 saturated heterocycles. The van der Waals surface area contributed by atoms with Gasteiger partial charge in [0.1, 0.15) is 11.5 Å². The van der Waals surface area contributed by atoms with Crippen LogP contribution in [-0.4, -0.2) is 61.3 Å².